The fraction of sp³-hybridized carbons (Fsp3) is 0.909. The molecule has 2 fully saturated rings. The van der Waals surface area contributed by atoms with Crippen LogP contribution in [0.1, 0.15) is 39.0 Å². The normalized spacial score (nSPS) is 27.5. The van der Waals surface area contributed by atoms with Crippen molar-refractivity contribution in [3.05, 3.63) is 0 Å². The quantitative estimate of drug-likeness (QED) is 0.680. The molecule has 0 N–H and O–H groups in total. The molecule has 1 saturated heterocycles. The molecule has 0 spiro atoms. The van der Waals surface area contributed by atoms with Crippen LogP contribution in [0, 0.1) is 5.92 Å². The van der Waals surface area contributed by atoms with E-state index in [4.69, 9.17) is 4.74 Å². The molecule has 3 nitrogen and oxygen atoms in total. The molecule has 1 atom stereocenters. The molecule has 1 aliphatic carbocycles. The van der Waals surface area contributed by atoms with Crippen LogP contribution in [-0.4, -0.2) is 30.2 Å². The zero-order valence-corrected chi connectivity index (χ0v) is 8.87. The van der Waals surface area contributed by atoms with Crippen LogP contribution in [0.3, 0.4) is 0 Å². The average Bonchev–Trinajstić information content (AvgIpc) is 2.50. The Morgan fingerprint density at radius 3 is 2.71 bits per heavy atom. The fourth-order valence-corrected chi connectivity index (χ4v) is 2.54. The molecular weight excluding hydrogens is 178 g/mol. The summed E-state index contributed by atoms with van der Waals surface area (Å²) in [4.78, 5) is 13.6. The summed E-state index contributed by atoms with van der Waals surface area (Å²) in [5.74, 6) is 0.766. The largest absolute Gasteiger partial charge is 0.450 e. The SMILES string of the molecule is CCOC(=O)N1CCCC1C1CCC1. The highest BCUT2D eigenvalue weighted by Crippen LogP contribution is 2.37. The third-order valence-corrected chi connectivity index (χ3v) is 3.50. The number of hydrogen-bond acceptors (Lipinski definition) is 2. The molecule has 0 aromatic carbocycles. The van der Waals surface area contributed by atoms with Crippen LogP contribution < -0.4 is 0 Å². The molecule has 1 aliphatic heterocycles. The highest BCUT2D eigenvalue weighted by molar-refractivity contribution is 5.68. The molecule has 3 heteroatoms. The van der Waals surface area contributed by atoms with Crippen molar-refractivity contribution in [1.29, 1.82) is 0 Å². The van der Waals surface area contributed by atoms with E-state index in [-0.39, 0.29) is 6.09 Å². The number of hydrogen-bond donors (Lipinski definition) is 0. The molecule has 1 amide bonds. The van der Waals surface area contributed by atoms with Crippen molar-refractivity contribution in [1.82, 2.24) is 4.90 Å². The van der Waals surface area contributed by atoms with E-state index in [0.717, 1.165) is 18.9 Å². The van der Waals surface area contributed by atoms with E-state index in [1.807, 2.05) is 11.8 Å². The van der Waals surface area contributed by atoms with Gasteiger partial charge in [-0.1, -0.05) is 6.42 Å². The van der Waals surface area contributed by atoms with Crippen LogP contribution >= 0.6 is 0 Å². The maximum Gasteiger partial charge on any atom is 0.410 e. The minimum Gasteiger partial charge on any atom is -0.450 e. The van der Waals surface area contributed by atoms with Crippen LogP contribution in [0.4, 0.5) is 4.79 Å². The molecule has 0 aromatic rings. The summed E-state index contributed by atoms with van der Waals surface area (Å²) < 4.78 is 5.06. The third-order valence-electron chi connectivity index (χ3n) is 3.50. The van der Waals surface area contributed by atoms with E-state index in [1.165, 1.54) is 25.7 Å². The van der Waals surface area contributed by atoms with Crippen molar-refractivity contribution >= 4 is 6.09 Å². The van der Waals surface area contributed by atoms with Gasteiger partial charge in [-0.05, 0) is 38.5 Å². The number of likely N-dealkylation sites (tertiary alicyclic amines) is 1. The van der Waals surface area contributed by atoms with E-state index < -0.39 is 0 Å². The lowest BCUT2D eigenvalue weighted by Gasteiger charge is -2.36. The Balaban J connectivity index is 1.92. The molecule has 2 aliphatic rings. The monoisotopic (exact) mass is 197 g/mol. The van der Waals surface area contributed by atoms with Gasteiger partial charge in [0.1, 0.15) is 0 Å². The second-order valence-electron chi connectivity index (χ2n) is 4.29. The average molecular weight is 197 g/mol. The van der Waals surface area contributed by atoms with Gasteiger partial charge in [-0.15, -0.1) is 0 Å². The molecular formula is C11H19NO2. The number of nitrogens with zero attached hydrogens (tertiary/aromatic N) is 1. The van der Waals surface area contributed by atoms with E-state index in [2.05, 4.69) is 0 Å². The summed E-state index contributed by atoms with van der Waals surface area (Å²) in [6, 6.07) is 0.489. The van der Waals surface area contributed by atoms with Crippen molar-refractivity contribution in [3.63, 3.8) is 0 Å². The molecule has 0 aromatic heterocycles. The highest BCUT2D eigenvalue weighted by Gasteiger charge is 2.37. The van der Waals surface area contributed by atoms with Crippen molar-refractivity contribution in [2.45, 2.75) is 45.1 Å². The van der Waals surface area contributed by atoms with E-state index in [9.17, 15) is 4.79 Å². The molecule has 2 rings (SSSR count). The van der Waals surface area contributed by atoms with Gasteiger partial charge in [0, 0.05) is 12.6 Å². The van der Waals surface area contributed by atoms with Gasteiger partial charge >= 0.3 is 6.09 Å². The van der Waals surface area contributed by atoms with Gasteiger partial charge < -0.3 is 9.64 Å². The van der Waals surface area contributed by atoms with Crippen LogP contribution in [0.25, 0.3) is 0 Å². The van der Waals surface area contributed by atoms with Crippen molar-refractivity contribution < 1.29 is 9.53 Å². The Hall–Kier alpha value is -0.730. The smallest absolute Gasteiger partial charge is 0.410 e. The molecule has 1 heterocycles. The first-order valence-corrected chi connectivity index (χ1v) is 5.76. The van der Waals surface area contributed by atoms with E-state index in [1.54, 1.807) is 0 Å². The van der Waals surface area contributed by atoms with E-state index >= 15 is 0 Å². The minimum absolute atomic E-state index is 0.0955. The first-order chi connectivity index (χ1) is 6.83. The molecule has 0 bridgehead atoms. The Labute approximate surface area is 85.4 Å². The summed E-state index contributed by atoms with van der Waals surface area (Å²) >= 11 is 0. The van der Waals surface area contributed by atoms with Gasteiger partial charge in [0.15, 0.2) is 0 Å². The highest BCUT2D eigenvalue weighted by atomic mass is 16.6. The molecule has 0 radical (unpaired) electrons. The predicted molar refractivity (Wildman–Crippen MR) is 54.1 cm³/mol. The summed E-state index contributed by atoms with van der Waals surface area (Å²) in [5.41, 5.74) is 0. The van der Waals surface area contributed by atoms with Gasteiger partial charge in [-0.25, -0.2) is 4.79 Å². The van der Waals surface area contributed by atoms with Crippen molar-refractivity contribution in [2.75, 3.05) is 13.2 Å². The van der Waals surface area contributed by atoms with Crippen molar-refractivity contribution in [2.24, 2.45) is 5.92 Å². The number of rotatable bonds is 2. The summed E-state index contributed by atoms with van der Waals surface area (Å²) in [5, 5.41) is 0. The number of ether oxygens (including phenoxy) is 1. The standard InChI is InChI=1S/C11H19NO2/c1-2-14-11(13)12-8-4-7-10(12)9-5-3-6-9/h9-10H,2-8H2,1H3. The molecule has 1 saturated carbocycles. The van der Waals surface area contributed by atoms with Gasteiger partial charge in [0.25, 0.3) is 0 Å². The van der Waals surface area contributed by atoms with Gasteiger partial charge in [0.2, 0.25) is 0 Å². The van der Waals surface area contributed by atoms with Crippen LogP contribution in [0.2, 0.25) is 0 Å². The zero-order valence-electron chi connectivity index (χ0n) is 8.87. The summed E-state index contributed by atoms with van der Waals surface area (Å²) in [6.07, 6.45) is 6.20. The Bertz CT molecular complexity index is 213. The first kappa shape index (κ1) is 9.81. The predicted octanol–water partition coefficient (Wildman–Crippen LogP) is 2.41. The van der Waals surface area contributed by atoms with Crippen LogP contribution in [0.5, 0.6) is 0 Å². The lowest BCUT2D eigenvalue weighted by Crippen LogP contribution is -2.42. The second kappa shape index (κ2) is 4.20. The van der Waals surface area contributed by atoms with Gasteiger partial charge in [0.05, 0.1) is 6.61 Å². The number of amides is 1. The maximum absolute atomic E-state index is 11.6. The topological polar surface area (TPSA) is 29.5 Å². The lowest BCUT2D eigenvalue weighted by atomic mass is 9.79. The summed E-state index contributed by atoms with van der Waals surface area (Å²) in [6.45, 7) is 3.26. The zero-order chi connectivity index (χ0) is 9.97. The van der Waals surface area contributed by atoms with Gasteiger partial charge in [-0.2, -0.15) is 0 Å². The first-order valence-electron chi connectivity index (χ1n) is 5.76. The minimum atomic E-state index is -0.0955. The molecule has 14 heavy (non-hydrogen) atoms. The Morgan fingerprint density at radius 2 is 2.14 bits per heavy atom. The van der Waals surface area contributed by atoms with Crippen LogP contribution in [-0.2, 0) is 4.74 Å². The third kappa shape index (κ3) is 1.72. The number of carbonyl (C=O) groups is 1. The van der Waals surface area contributed by atoms with Crippen LogP contribution in [0.15, 0.2) is 0 Å². The lowest BCUT2D eigenvalue weighted by molar-refractivity contribution is 0.0780. The van der Waals surface area contributed by atoms with Crippen molar-refractivity contribution in [3.8, 4) is 0 Å². The molecule has 80 valence electrons. The second-order valence-corrected chi connectivity index (χ2v) is 4.29. The fourth-order valence-electron chi connectivity index (χ4n) is 2.54. The maximum atomic E-state index is 11.6. The van der Waals surface area contributed by atoms with E-state index in [0.29, 0.717) is 12.6 Å². The Kier molecular flexibility index (Phi) is 2.94. The van der Waals surface area contributed by atoms with Gasteiger partial charge in [-0.3, -0.25) is 0 Å². The number of carbonyl (C=O) groups excluding carboxylic acids is 1. The Morgan fingerprint density at radius 1 is 1.36 bits per heavy atom. The molecule has 1 unspecified atom stereocenters. The summed E-state index contributed by atoms with van der Waals surface area (Å²) in [7, 11) is 0.